The van der Waals surface area contributed by atoms with Crippen LogP contribution >= 0.6 is 0 Å². The fraction of sp³-hybridized carbons (Fsp3) is 0.292. The van der Waals surface area contributed by atoms with Crippen molar-refractivity contribution in [3.63, 3.8) is 0 Å². The summed E-state index contributed by atoms with van der Waals surface area (Å²) in [6.07, 6.45) is 4.33. The first-order valence-electron chi connectivity index (χ1n) is 10.6. The standard InChI is InChI=1S/C24H27N5O2/c1-18-17-26-24(25-14-6-16-29-15-5-9-22(29)30)28-23(18)27-19-10-12-21(13-11-19)31-20-7-3-2-4-8-20/h2-4,7-8,10-13,17H,5-6,9,14-16H2,1H3,(H2,25,26,27,28). The normalized spacial score (nSPS) is 13.3. The van der Waals surface area contributed by atoms with Gasteiger partial charge in [0.05, 0.1) is 0 Å². The number of nitrogens with one attached hydrogen (secondary N) is 2. The van der Waals surface area contributed by atoms with E-state index in [4.69, 9.17) is 4.74 Å². The number of anilines is 3. The molecule has 0 radical (unpaired) electrons. The van der Waals surface area contributed by atoms with Gasteiger partial charge in [-0.25, -0.2) is 4.98 Å². The van der Waals surface area contributed by atoms with Gasteiger partial charge in [0, 0.05) is 43.5 Å². The SMILES string of the molecule is Cc1cnc(NCCCN2CCCC2=O)nc1Nc1ccc(Oc2ccccc2)cc1. The molecule has 31 heavy (non-hydrogen) atoms. The topological polar surface area (TPSA) is 79.4 Å². The zero-order chi connectivity index (χ0) is 21.5. The largest absolute Gasteiger partial charge is 0.457 e. The molecular formula is C24H27N5O2. The Morgan fingerprint density at radius 2 is 1.84 bits per heavy atom. The lowest BCUT2D eigenvalue weighted by atomic mass is 10.2. The quantitative estimate of drug-likeness (QED) is 0.489. The van der Waals surface area contributed by atoms with Gasteiger partial charge in [-0.15, -0.1) is 0 Å². The number of likely N-dealkylation sites (tertiary alicyclic amines) is 1. The Balaban J connectivity index is 1.31. The maximum atomic E-state index is 11.7. The van der Waals surface area contributed by atoms with Gasteiger partial charge in [-0.05, 0) is 56.2 Å². The Labute approximate surface area is 182 Å². The number of aryl methyl sites for hydroxylation is 1. The van der Waals surface area contributed by atoms with E-state index < -0.39 is 0 Å². The zero-order valence-corrected chi connectivity index (χ0v) is 17.7. The van der Waals surface area contributed by atoms with Crippen molar-refractivity contribution < 1.29 is 9.53 Å². The molecule has 4 rings (SSSR count). The van der Waals surface area contributed by atoms with Gasteiger partial charge in [0.1, 0.15) is 17.3 Å². The van der Waals surface area contributed by atoms with Crippen LogP contribution in [0.15, 0.2) is 60.8 Å². The van der Waals surface area contributed by atoms with Gasteiger partial charge in [0.2, 0.25) is 11.9 Å². The van der Waals surface area contributed by atoms with Crippen molar-refractivity contribution in [1.82, 2.24) is 14.9 Å². The fourth-order valence-corrected chi connectivity index (χ4v) is 3.43. The van der Waals surface area contributed by atoms with Gasteiger partial charge in [0.25, 0.3) is 0 Å². The summed E-state index contributed by atoms with van der Waals surface area (Å²) < 4.78 is 5.84. The molecule has 1 aliphatic rings. The Hall–Kier alpha value is -3.61. The first kappa shape index (κ1) is 20.7. The summed E-state index contributed by atoms with van der Waals surface area (Å²) >= 11 is 0. The monoisotopic (exact) mass is 417 g/mol. The molecule has 0 aliphatic carbocycles. The molecule has 2 N–H and O–H groups in total. The number of nitrogens with zero attached hydrogens (tertiary/aromatic N) is 3. The predicted molar refractivity (Wildman–Crippen MR) is 122 cm³/mol. The predicted octanol–water partition coefficient (Wildman–Crippen LogP) is 4.75. The lowest BCUT2D eigenvalue weighted by Crippen LogP contribution is -2.27. The number of aromatic nitrogens is 2. The molecule has 7 heteroatoms. The van der Waals surface area contributed by atoms with Crippen molar-refractivity contribution in [2.45, 2.75) is 26.2 Å². The van der Waals surface area contributed by atoms with E-state index >= 15 is 0 Å². The average molecular weight is 418 g/mol. The number of carbonyl (C=O) groups is 1. The molecule has 0 spiro atoms. The Kier molecular flexibility index (Phi) is 6.62. The molecule has 0 unspecified atom stereocenters. The van der Waals surface area contributed by atoms with Crippen molar-refractivity contribution in [2.75, 3.05) is 30.3 Å². The molecule has 7 nitrogen and oxygen atoms in total. The van der Waals surface area contributed by atoms with Crippen LogP contribution in [0.2, 0.25) is 0 Å². The van der Waals surface area contributed by atoms with E-state index in [2.05, 4.69) is 20.6 Å². The highest BCUT2D eigenvalue weighted by molar-refractivity contribution is 5.78. The van der Waals surface area contributed by atoms with E-state index in [1.165, 1.54) is 0 Å². The number of carbonyl (C=O) groups excluding carboxylic acids is 1. The number of benzene rings is 2. The van der Waals surface area contributed by atoms with Gasteiger partial charge in [-0.1, -0.05) is 18.2 Å². The number of hydrogen-bond donors (Lipinski definition) is 2. The minimum atomic E-state index is 0.262. The molecular weight excluding hydrogens is 390 g/mol. The minimum Gasteiger partial charge on any atom is -0.457 e. The Bertz CT molecular complexity index is 1010. The maximum absolute atomic E-state index is 11.7. The number of amides is 1. The van der Waals surface area contributed by atoms with Crippen LogP contribution in [0.1, 0.15) is 24.8 Å². The highest BCUT2D eigenvalue weighted by atomic mass is 16.5. The summed E-state index contributed by atoms with van der Waals surface area (Å²) in [5, 5.41) is 6.60. The molecule has 2 aromatic carbocycles. The maximum Gasteiger partial charge on any atom is 0.224 e. The van der Waals surface area contributed by atoms with E-state index in [-0.39, 0.29) is 5.91 Å². The van der Waals surface area contributed by atoms with Crippen molar-refractivity contribution in [2.24, 2.45) is 0 Å². The second kappa shape index (κ2) is 9.93. The molecule has 1 saturated heterocycles. The fourth-order valence-electron chi connectivity index (χ4n) is 3.43. The van der Waals surface area contributed by atoms with Crippen molar-refractivity contribution in [3.05, 3.63) is 66.4 Å². The van der Waals surface area contributed by atoms with Crippen molar-refractivity contribution in [1.29, 1.82) is 0 Å². The third-order valence-electron chi connectivity index (χ3n) is 5.13. The number of ether oxygens (including phenoxy) is 1. The number of rotatable bonds is 9. The smallest absolute Gasteiger partial charge is 0.224 e. The van der Waals surface area contributed by atoms with Gasteiger partial charge >= 0.3 is 0 Å². The average Bonchev–Trinajstić information content (AvgIpc) is 3.20. The zero-order valence-electron chi connectivity index (χ0n) is 17.7. The first-order chi connectivity index (χ1) is 15.2. The summed E-state index contributed by atoms with van der Waals surface area (Å²) in [4.78, 5) is 22.6. The van der Waals surface area contributed by atoms with E-state index in [1.54, 1.807) is 6.20 Å². The van der Waals surface area contributed by atoms with Crippen molar-refractivity contribution in [3.8, 4) is 11.5 Å². The summed E-state index contributed by atoms with van der Waals surface area (Å²) in [5.41, 5.74) is 1.87. The van der Waals surface area contributed by atoms with E-state index in [0.29, 0.717) is 12.4 Å². The van der Waals surface area contributed by atoms with Crippen LogP contribution in [-0.2, 0) is 4.79 Å². The summed E-state index contributed by atoms with van der Waals surface area (Å²) in [6.45, 7) is 4.35. The van der Waals surface area contributed by atoms with Gasteiger partial charge in [0.15, 0.2) is 0 Å². The molecule has 3 aromatic rings. The van der Waals surface area contributed by atoms with Crippen LogP contribution < -0.4 is 15.4 Å². The number of para-hydroxylation sites is 1. The van der Waals surface area contributed by atoms with Crippen LogP contribution in [0, 0.1) is 6.92 Å². The van der Waals surface area contributed by atoms with Gasteiger partial charge < -0.3 is 20.3 Å². The highest BCUT2D eigenvalue weighted by Crippen LogP contribution is 2.25. The van der Waals surface area contributed by atoms with E-state index in [0.717, 1.165) is 61.0 Å². The molecule has 0 bridgehead atoms. The molecule has 0 saturated carbocycles. The number of hydrogen-bond acceptors (Lipinski definition) is 6. The van der Waals surface area contributed by atoms with Crippen molar-refractivity contribution >= 4 is 23.4 Å². The summed E-state index contributed by atoms with van der Waals surface area (Å²) in [7, 11) is 0. The minimum absolute atomic E-state index is 0.262. The molecule has 1 fully saturated rings. The van der Waals surface area contributed by atoms with Gasteiger partial charge in [-0.3, -0.25) is 4.79 Å². The van der Waals surface area contributed by atoms with Gasteiger partial charge in [-0.2, -0.15) is 4.98 Å². The van der Waals surface area contributed by atoms with Crippen LogP contribution in [-0.4, -0.2) is 40.4 Å². The van der Waals surface area contributed by atoms with Crippen LogP contribution in [0.3, 0.4) is 0 Å². The molecule has 0 atom stereocenters. The first-order valence-corrected chi connectivity index (χ1v) is 10.6. The third-order valence-corrected chi connectivity index (χ3v) is 5.13. The molecule has 1 aliphatic heterocycles. The Morgan fingerprint density at radius 1 is 1.06 bits per heavy atom. The molecule has 1 aromatic heterocycles. The summed E-state index contributed by atoms with van der Waals surface area (Å²) in [6, 6.07) is 17.5. The molecule has 1 amide bonds. The summed E-state index contributed by atoms with van der Waals surface area (Å²) in [5.74, 6) is 3.17. The van der Waals surface area contributed by atoms with Crippen LogP contribution in [0.5, 0.6) is 11.5 Å². The second-order valence-electron chi connectivity index (χ2n) is 7.55. The van der Waals surface area contributed by atoms with Crippen LogP contribution in [0.4, 0.5) is 17.5 Å². The van der Waals surface area contributed by atoms with E-state index in [1.807, 2.05) is 66.4 Å². The molecule has 160 valence electrons. The van der Waals surface area contributed by atoms with E-state index in [9.17, 15) is 4.79 Å². The molecule has 2 heterocycles. The lowest BCUT2D eigenvalue weighted by Gasteiger charge is -2.15. The third kappa shape index (κ3) is 5.72. The highest BCUT2D eigenvalue weighted by Gasteiger charge is 2.18. The Morgan fingerprint density at radius 3 is 2.58 bits per heavy atom. The second-order valence-corrected chi connectivity index (χ2v) is 7.55. The van der Waals surface area contributed by atoms with Crippen LogP contribution in [0.25, 0.3) is 0 Å². The lowest BCUT2D eigenvalue weighted by molar-refractivity contribution is -0.127.